The van der Waals surface area contributed by atoms with Gasteiger partial charge in [0.2, 0.25) is 5.91 Å². The summed E-state index contributed by atoms with van der Waals surface area (Å²) in [6, 6.07) is 0. The molecule has 11 heavy (non-hydrogen) atoms. The average molecular weight is 152 g/mol. The van der Waals surface area contributed by atoms with Crippen molar-refractivity contribution in [2.75, 3.05) is 6.54 Å². The Labute approximate surface area is 69.0 Å². The predicted octanol–water partition coefficient (Wildman–Crippen LogP) is 1.22. The van der Waals surface area contributed by atoms with Crippen LogP contribution in [-0.2, 0) is 4.79 Å². The molecule has 1 aliphatic rings. The van der Waals surface area contributed by atoms with Gasteiger partial charge in [0.05, 0.1) is 0 Å². The third-order valence-corrected chi connectivity index (χ3v) is 1.79. The highest BCUT2D eigenvalue weighted by Crippen LogP contribution is 2.29. The topological polar surface area (TPSA) is 29.1 Å². The van der Waals surface area contributed by atoms with Crippen LogP contribution in [0.1, 0.15) is 27.2 Å². The van der Waals surface area contributed by atoms with E-state index in [1.54, 1.807) is 0 Å². The highest BCUT2D eigenvalue weighted by molar-refractivity contribution is 6.47. The molecule has 3 heteroatoms. The molecule has 1 N–H and O–H groups in total. The van der Waals surface area contributed by atoms with E-state index in [1.807, 2.05) is 0 Å². The summed E-state index contributed by atoms with van der Waals surface area (Å²) >= 11 is 0. The largest absolute Gasteiger partial charge is 0.356 e. The third-order valence-electron chi connectivity index (χ3n) is 1.79. The first-order valence-electron chi connectivity index (χ1n) is 4.13. The van der Waals surface area contributed by atoms with E-state index in [4.69, 9.17) is 0 Å². The summed E-state index contributed by atoms with van der Waals surface area (Å²) in [6.07, 6.45) is 0.968. The van der Waals surface area contributed by atoms with E-state index < -0.39 is 0 Å². The van der Waals surface area contributed by atoms with Crippen molar-refractivity contribution in [2.24, 2.45) is 0 Å². The monoisotopic (exact) mass is 152 g/mol. The minimum atomic E-state index is 0.148. The van der Waals surface area contributed by atoms with Crippen molar-refractivity contribution >= 4 is 13.2 Å². The molecule has 61 valence electrons. The van der Waals surface area contributed by atoms with Gasteiger partial charge in [-0.25, -0.2) is 0 Å². The third kappa shape index (κ3) is 2.56. The maximum atomic E-state index is 11.1. The highest BCUT2D eigenvalue weighted by atomic mass is 16.2. The first-order valence-corrected chi connectivity index (χ1v) is 4.13. The lowest BCUT2D eigenvalue weighted by atomic mass is 9.47. The molecule has 0 spiro atoms. The summed E-state index contributed by atoms with van der Waals surface area (Å²) in [7, 11) is 2.13. The Balaban J connectivity index is 2.43. The second-order valence-corrected chi connectivity index (χ2v) is 4.22. The van der Waals surface area contributed by atoms with Crippen LogP contribution in [0.15, 0.2) is 0 Å². The lowest BCUT2D eigenvalue weighted by Crippen LogP contribution is -2.23. The van der Waals surface area contributed by atoms with Crippen molar-refractivity contribution in [1.82, 2.24) is 5.32 Å². The fourth-order valence-corrected chi connectivity index (χ4v) is 1.38. The molecule has 0 aromatic rings. The van der Waals surface area contributed by atoms with Crippen LogP contribution in [0.2, 0.25) is 11.1 Å². The van der Waals surface area contributed by atoms with E-state index in [0.717, 1.165) is 13.0 Å². The molecule has 0 bridgehead atoms. The zero-order valence-corrected chi connectivity index (χ0v) is 7.48. The summed E-state index contributed by atoms with van der Waals surface area (Å²) in [5.74, 6) is 0.343. The predicted molar refractivity (Wildman–Crippen MR) is 46.8 cm³/mol. The Morgan fingerprint density at radius 1 is 1.55 bits per heavy atom. The molecule has 1 unspecified atom stereocenters. The van der Waals surface area contributed by atoms with Gasteiger partial charge in [0, 0.05) is 12.4 Å². The van der Waals surface area contributed by atoms with Gasteiger partial charge < -0.3 is 5.32 Å². The van der Waals surface area contributed by atoms with Crippen molar-refractivity contribution in [3.05, 3.63) is 0 Å². The number of carbonyl (C=O) groups excluding carboxylic acids is 1. The van der Waals surface area contributed by atoms with Crippen LogP contribution in [0.25, 0.3) is 0 Å². The van der Waals surface area contributed by atoms with Gasteiger partial charge in [0.15, 0.2) is 0 Å². The molecule has 0 aromatic heterocycles. The van der Waals surface area contributed by atoms with Crippen LogP contribution < -0.4 is 5.32 Å². The molecule has 0 aromatic carbocycles. The maximum absolute atomic E-state index is 11.1. The van der Waals surface area contributed by atoms with Gasteiger partial charge in [-0.2, -0.15) is 0 Å². The molecule has 0 saturated carbocycles. The smallest absolute Gasteiger partial charge is 0.215 e. The van der Waals surface area contributed by atoms with Gasteiger partial charge in [-0.15, -0.1) is 0 Å². The highest BCUT2D eigenvalue weighted by Gasteiger charge is 2.29. The van der Waals surface area contributed by atoms with Gasteiger partial charge in [-0.1, -0.05) is 26.1 Å². The van der Waals surface area contributed by atoms with Crippen LogP contribution in [-0.4, -0.2) is 19.7 Å². The molecule has 1 radical (unpaired) electrons. The first kappa shape index (κ1) is 8.63. The van der Waals surface area contributed by atoms with Crippen molar-refractivity contribution in [1.29, 1.82) is 0 Å². The van der Waals surface area contributed by atoms with Crippen LogP contribution in [0.3, 0.4) is 0 Å². The molecule has 1 saturated heterocycles. The number of hydrogen-bond acceptors (Lipinski definition) is 1. The summed E-state index contributed by atoms with van der Waals surface area (Å²) < 4.78 is 0. The van der Waals surface area contributed by atoms with Crippen LogP contribution in [0.5, 0.6) is 0 Å². The summed E-state index contributed by atoms with van der Waals surface area (Å²) in [5.41, 5.74) is 0. The number of nitrogens with one attached hydrogen (secondary N) is 1. The first-order chi connectivity index (χ1) is 4.99. The lowest BCUT2D eigenvalue weighted by molar-refractivity contribution is -0.119. The summed E-state index contributed by atoms with van der Waals surface area (Å²) in [5, 5.41) is 2.98. The maximum Gasteiger partial charge on any atom is 0.215 e. The zero-order valence-electron chi connectivity index (χ0n) is 7.48. The van der Waals surface area contributed by atoms with E-state index in [9.17, 15) is 4.79 Å². The van der Waals surface area contributed by atoms with E-state index in [-0.39, 0.29) is 17.0 Å². The van der Waals surface area contributed by atoms with Crippen molar-refractivity contribution in [3.63, 3.8) is 0 Å². The minimum Gasteiger partial charge on any atom is -0.356 e. The SMILES string of the molecule is CC(C)(C)[B]C1CCNC1=O. The van der Waals surface area contributed by atoms with E-state index >= 15 is 0 Å². The molecule has 1 aliphatic heterocycles. The molecule has 1 rings (SSSR count). The quantitative estimate of drug-likeness (QED) is 0.562. The molecule has 1 heterocycles. The average Bonchev–Trinajstić information content (AvgIpc) is 2.12. The number of rotatable bonds is 1. The number of amides is 1. The molecule has 1 atom stereocenters. The molecule has 1 fully saturated rings. The minimum absolute atomic E-state index is 0.148. The normalized spacial score (nSPS) is 25.0. The Kier molecular flexibility index (Phi) is 2.26. The summed E-state index contributed by atoms with van der Waals surface area (Å²) in [6.45, 7) is 7.21. The van der Waals surface area contributed by atoms with Gasteiger partial charge in [0.25, 0.3) is 0 Å². The Morgan fingerprint density at radius 3 is 2.55 bits per heavy atom. The Morgan fingerprint density at radius 2 is 2.18 bits per heavy atom. The van der Waals surface area contributed by atoms with E-state index in [0.29, 0.717) is 0 Å². The van der Waals surface area contributed by atoms with Crippen LogP contribution in [0.4, 0.5) is 0 Å². The molecular weight excluding hydrogens is 137 g/mol. The number of carbonyl (C=O) groups is 1. The Hall–Kier alpha value is -0.465. The van der Waals surface area contributed by atoms with E-state index in [2.05, 4.69) is 33.4 Å². The fraction of sp³-hybridized carbons (Fsp3) is 0.875. The fourth-order valence-electron chi connectivity index (χ4n) is 1.38. The molecule has 0 aliphatic carbocycles. The van der Waals surface area contributed by atoms with Crippen molar-refractivity contribution in [2.45, 2.75) is 38.3 Å². The van der Waals surface area contributed by atoms with Gasteiger partial charge in [-0.05, 0) is 6.42 Å². The van der Waals surface area contributed by atoms with Crippen LogP contribution >= 0.6 is 0 Å². The standard InChI is InChI=1S/C8H15BNO/c1-8(2,3)9-6-4-5-10-7(6)11/h6H,4-5H2,1-3H3,(H,10,11). The molecular formula is C8H15BNO. The summed E-state index contributed by atoms with van der Waals surface area (Å²) in [4.78, 5) is 11.1. The van der Waals surface area contributed by atoms with Crippen molar-refractivity contribution < 1.29 is 4.79 Å². The molecule has 2 nitrogen and oxygen atoms in total. The lowest BCUT2D eigenvalue weighted by Gasteiger charge is -2.19. The molecule has 1 amide bonds. The Bertz CT molecular complexity index is 162. The van der Waals surface area contributed by atoms with E-state index in [1.165, 1.54) is 0 Å². The number of hydrogen-bond donors (Lipinski definition) is 1. The van der Waals surface area contributed by atoms with Crippen LogP contribution in [0, 0.1) is 0 Å². The second-order valence-electron chi connectivity index (χ2n) is 4.22. The van der Waals surface area contributed by atoms with Gasteiger partial charge >= 0.3 is 0 Å². The van der Waals surface area contributed by atoms with Gasteiger partial charge in [0.1, 0.15) is 7.28 Å². The zero-order chi connectivity index (χ0) is 8.48. The van der Waals surface area contributed by atoms with Crippen molar-refractivity contribution in [3.8, 4) is 0 Å². The van der Waals surface area contributed by atoms with Gasteiger partial charge in [-0.3, -0.25) is 4.79 Å². The second kappa shape index (κ2) is 2.88.